The first-order chi connectivity index (χ1) is 8.79. The van der Waals surface area contributed by atoms with Crippen LogP contribution in [0.3, 0.4) is 0 Å². The maximum absolute atomic E-state index is 11.6. The van der Waals surface area contributed by atoms with Crippen molar-refractivity contribution in [2.45, 2.75) is 39.7 Å². The molecule has 0 aliphatic carbocycles. The van der Waals surface area contributed by atoms with E-state index in [2.05, 4.69) is 10.6 Å². The van der Waals surface area contributed by atoms with Gasteiger partial charge in [-0.25, -0.2) is 4.79 Å². The third kappa shape index (κ3) is 6.64. The van der Waals surface area contributed by atoms with Crippen LogP contribution in [-0.2, 0) is 9.59 Å². The van der Waals surface area contributed by atoms with Crippen LogP contribution < -0.4 is 16.4 Å². The van der Waals surface area contributed by atoms with Gasteiger partial charge < -0.3 is 21.5 Å². The van der Waals surface area contributed by atoms with Gasteiger partial charge in [0.1, 0.15) is 6.04 Å². The van der Waals surface area contributed by atoms with Crippen LogP contribution in [0.25, 0.3) is 0 Å². The van der Waals surface area contributed by atoms with Crippen molar-refractivity contribution in [3.8, 4) is 0 Å². The van der Waals surface area contributed by atoms with E-state index in [1.54, 1.807) is 13.8 Å². The molecule has 0 aliphatic rings. The van der Waals surface area contributed by atoms with Crippen molar-refractivity contribution in [1.29, 1.82) is 0 Å². The summed E-state index contributed by atoms with van der Waals surface area (Å²) in [6.07, 6.45) is 1.20. The number of amides is 3. The number of carbonyl (C=O) groups excluding carboxylic acids is 2. The number of carboxylic acid groups (broad SMARTS) is 1. The van der Waals surface area contributed by atoms with E-state index in [1.807, 2.05) is 6.92 Å². The second-order valence-corrected chi connectivity index (χ2v) is 4.80. The predicted octanol–water partition coefficient (Wildman–Crippen LogP) is 0.296. The zero-order valence-electron chi connectivity index (χ0n) is 11.6. The van der Waals surface area contributed by atoms with Crippen LogP contribution in [0, 0.1) is 11.8 Å². The number of carboxylic acids is 1. The minimum absolute atomic E-state index is 0.0264. The summed E-state index contributed by atoms with van der Waals surface area (Å²) in [6.45, 7) is 5.41. The SMILES string of the molecule is CCCC(CNC(=O)NC(C(N)=O)C(C)C)C(=O)O. The first kappa shape index (κ1) is 17.2. The highest BCUT2D eigenvalue weighted by molar-refractivity contribution is 5.86. The number of rotatable bonds is 8. The number of nitrogens with two attached hydrogens (primary N) is 1. The van der Waals surface area contributed by atoms with Gasteiger partial charge >= 0.3 is 12.0 Å². The Bertz CT molecular complexity index is 331. The minimum atomic E-state index is -0.947. The van der Waals surface area contributed by atoms with E-state index in [0.717, 1.165) is 6.42 Å². The summed E-state index contributed by atoms with van der Waals surface area (Å²) in [6, 6.07) is -1.35. The fourth-order valence-electron chi connectivity index (χ4n) is 1.64. The number of carbonyl (C=O) groups is 3. The summed E-state index contributed by atoms with van der Waals surface area (Å²) in [5.41, 5.74) is 5.16. The molecule has 0 aromatic rings. The Morgan fingerprint density at radius 3 is 2.21 bits per heavy atom. The predicted molar refractivity (Wildman–Crippen MR) is 70.4 cm³/mol. The number of hydrogen-bond donors (Lipinski definition) is 4. The number of hydrogen-bond acceptors (Lipinski definition) is 3. The molecule has 0 bridgehead atoms. The fourth-order valence-corrected chi connectivity index (χ4v) is 1.64. The van der Waals surface area contributed by atoms with Crippen LogP contribution >= 0.6 is 0 Å². The van der Waals surface area contributed by atoms with E-state index in [9.17, 15) is 14.4 Å². The molecular formula is C12H23N3O4. The lowest BCUT2D eigenvalue weighted by atomic mass is 10.0. The van der Waals surface area contributed by atoms with Gasteiger partial charge in [0, 0.05) is 6.54 Å². The molecule has 0 saturated carbocycles. The molecule has 110 valence electrons. The molecule has 0 heterocycles. The van der Waals surface area contributed by atoms with Crippen molar-refractivity contribution < 1.29 is 19.5 Å². The van der Waals surface area contributed by atoms with E-state index in [0.29, 0.717) is 6.42 Å². The first-order valence-corrected chi connectivity index (χ1v) is 6.36. The number of primary amides is 1. The molecule has 19 heavy (non-hydrogen) atoms. The van der Waals surface area contributed by atoms with Crippen molar-refractivity contribution in [3.05, 3.63) is 0 Å². The van der Waals surface area contributed by atoms with Gasteiger partial charge in [-0.2, -0.15) is 0 Å². The minimum Gasteiger partial charge on any atom is -0.481 e. The lowest BCUT2D eigenvalue weighted by molar-refractivity contribution is -0.141. The summed E-state index contributed by atoms with van der Waals surface area (Å²) in [4.78, 5) is 33.6. The molecule has 0 aromatic heterocycles. The van der Waals surface area contributed by atoms with E-state index in [-0.39, 0.29) is 12.5 Å². The van der Waals surface area contributed by atoms with Crippen molar-refractivity contribution in [2.24, 2.45) is 17.6 Å². The Balaban J connectivity index is 4.30. The average molecular weight is 273 g/mol. The van der Waals surface area contributed by atoms with Gasteiger partial charge in [0.2, 0.25) is 5.91 Å². The highest BCUT2D eigenvalue weighted by atomic mass is 16.4. The molecular weight excluding hydrogens is 250 g/mol. The van der Waals surface area contributed by atoms with Gasteiger partial charge in [-0.3, -0.25) is 9.59 Å². The van der Waals surface area contributed by atoms with E-state index in [4.69, 9.17) is 10.8 Å². The monoisotopic (exact) mass is 273 g/mol. The zero-order chi connectivity index (χ0) is 15.0. The number of aliphatic carboxylic acids is 1. The van der Waals surface area contributed by atoms with Crippen molar-refractivity contribution in [3.63, 3.8) is 0 Å². The van der Waals surface area contributed by atoms with Crippen molar-refractivity contribution >= 4 is 17.9 Å². The van der Waals surface area contributed by atoms with Gasteiger partial charge in [-0.05, 0) is 12.3 Å². The zero-order valence-corrected chi connectivity index (χ0v) is 11.6. The Kier molecular flexibility index (Phi) is 7.55. The molecule has 0 radical (unpaired) electrons. The van der Waals surface area contributed by atoms with Crippen LogP contribution in [0.15, 0.2) is 0 Å². The van der Waals surface area contributed by atoms with E-state index >= 15 is 0 Å². The lowest BCUT2D eigenvalue weighted by Gasteiger charge is -2.20. The summed E-state index contributed by atoms with van der Waals surface area (Å²) < 4.78 is 0. The number of nitrogens with one attached hydrogen (secondary N) is 2. The standard InChI is InChI=1S/C12H23N3O4/c1-4-5-8(11(17)18)6-14-12(19)15-9(7(2)3)10(13)16/h7-9H,4-6H2,1-3H3,(H2,13,16)(H,17,18)(H2,14,15,19). The molecule has 7 nitrogen and oxygen atoms in total. The van der Waals surface area contributed by atoms with Crippen LogP contribution in [0.4, 0.5) is 4.79 Å². The Labute approximate surface area is 112 Å². The molecule has 0 fully saturated rings. The summed E-state index contributed by atoms with van der Waals surface area (Å²) in [5.74, 6) is -2.32. The van der Waals surface area contributed by atoms with Gasteiger partial charge in [-0.1, -0.05) is 27.2 Å². The van der Waals surface area contributed by atoms with Crippen LogP contribution in [0.1, 0.15) is 33.6 Å². The molecule has 5 N–H and O–H groups in total. The Morgan fingerprint density at radius 2 is 1.84 bits per heavy atom. The summed E-state index contributed by atoms with van der Waals surface area (Å²) in [5, 5.41) is 13.8. The molecule has 0 aliphatic heterocycles. The van der Waals surface area contributed by atoms with Gasteiger partial charge in [0.05, 0.1) is 5.92 Å². The highest BCUT2D eigenvalue weighted by Gasteiger charge is 2.22. The summed E-state index contributed by atoms with van der Waals surface area (Å²) in [7, 11) is 0. The van der Waals surface area contributed by atoms with E-state index in [1.165, 1.54) is 0 Å². The van der Waals surface area contributed by atoms with Gasteiger partial charge in [0.15, 0.2) is 0 Å². The molecule has 3 amide bonds. The lowest BCUT2D eigenvalue weighted by Crippen LogP contribution is -2.51. The largest absolute Gasteiger partial charge is 0.481 e. The molecule has 7 heteroatoms. The van der Waals surface area contributed by atoms with Crippen LogP contribution in [0.2, 0.25) is 0 Å². The number of urea groups is 1. The van der Waals surface area contributed by atoms with Gasteiger partial charge in [-0.15, -0.1) is 0 Å². The molecule has 0 spiro atoms. The molecule has 0 saturated heterocycles. The second-order valence-electron chi connectivity index (χ2n) is 4.80. The maximum atomic E-state index is 11.6. The Hall–Kier alpha value is -1.79. The highest BCUT2D eigenvalue weighted by Crippen LogP contribution is 2.05. The third-order valence-corrected chi connectivity index (χ3v) is 2.76. The van der Waals surface area contributed by atoms with Crippen molar-refractivity contribution in [1.82, 2.24) is 10.6 Å². The smallest absolute Gasteiger partial charge is 0.315 e. The third-order valence-electron chi connectivity index (χ3n) is 2.76. The second kappa shape index (κ2) is 8.34. The average Bonchev–Trinajstić information content (AvgIpc) is 2.30. The fraction of sp³-hybridized carbons (Fsp3) is 0.750. The first-order valence-electron chi connectivity index (χ1n) is 6.36. The molecule has 0 aromatic carbocycles. The van der Waals surface area contributed by atoms with E-state index < -0.39 is 29.9 Å². The topological polar surface area (TPSA) is 122 Å². The molecule has 0 rings (SSSR count). The summed E-state index contributed by atoms with van der Waals surface area (Å²) >= 11 is 0. The molecule has 2 atom stereocenters. The molecule has 2 unspecified atom stereocenters. The van der Waals surface area contributed by atoms with Crippen LogP contribution in [0.5, 0.6) is 0 Å². The van der Waals surface area contributed by atoms with Gasteiger partial charge in [0.25, 0.3) is 0 Å². The van der Waals surface area contributed by atoms with Crippen LogP contribution in [-0.4, -0.2) is 35.6 Å². The quantitative estimate of drug-likeness (QED) is 0.508. The van der Waals surface area contributed by atoms with Crippen molar-refractivity contribution in [2.75, 3.05) is 6.54 Å². The maximum Gasteiger partial charge on any atom is 0.315 e. The Morgan fingerprint density at radius 1 is 1.26 bits per heavy atom. The normalized spacial score (nSPS) is 13.7.